The summed E-state index contributed by atoms with van der Waals surface area (Å²) in [6, 6.07) is 6.06. The molecule has 7 heteroatoms. The molecule has 0 saturated carbocycles. The molecule has 1 amide bonds. The van der Waals surface area contributed by atoms with Crippen molar-refractivity contribution in [2.75, 3.05) is 32.9 Å². The fourth-order valence-electron chi connectivity index (χ4n) is 3.64. The van der Waals surface area contributed by atoms with Gasteiger partial charge in [-0.3, -0.25) is 9.59 Å². The Bertz CT molecular complexity index is 627. The van der Waals surface area contributed by atoms with E-state index in [1.807, 2.05) is 0 Å². The van der Waals surface area contributed by atoms with Gasteiger partial charge in [0.1, 0.15) is 5.82 Å². The Morgan fingerprint density at radius 2 is 1.88 bits per heavy atom. The Morgan fingerprint density at radius 3 is 2.52 bits per heavy atom. The molecule has 25 heavy (non-hydrogen) atoms. The third kappa shape index (κ3) is 3.82. The number of ether oxygens (including phenoxy) is 2. The Kier molecular flexibility index (Phi) is 5.34. The Balaban J connectivity index is 1.84. The first-order chi connectivity index (χ1) is 12.0. The topological polar surface area (TPSA) is 76.1 Å². The number of nitrogens with zero attached hydrogens (tertiary/aromatic N) is 1. The van der Waals surface area contributed by atoms with Crippen LogP contribution in [0.5, 0.6) is 0 Å². The zero-order valence-electron chi connectivity index (χ0n) is 13.9. The maximum absolute atomic E-state index is 13.4. The molecule has 0 unspecified atom stereocenters. The molecule has 0 bridgehead atoms. The van der Waals surface area contributed by atoms with Crippen LogP contribution in [0, 0.1) is 5.82 Å². The van der Waals surface area contributed by atoms with Crippen molar-refractivity contribution in [3.8, 4) is 0 Å². The highest BCUT2D eigenvalue weighted by molar-refractivity contribution is 5.88. The van der Waals surface area contributed by atoms with Gasteiger partial charge in [-0.15, -0.1) is 0 Å². The van der Waals surface area contributed by atoms with Gasteiger partial charge >= 0.3 is 5.97 Å². The van der Waals surface area contributed by atoms with Crippen LogP contribution in [0.15, 0.2) is 24.3 Å². The van der Waals surface area contributed by atoms with Gasteiger partial charge in [0.2, 0.25) is 5.91 Å². The van der Waals surface area contributed by atoms with Crippen molar-refractivity contribution in [2.24, 2.45) is 0 Å². The summed E-state index contributed by atoms with van der Waals surface area (Å²) in [5, 5.41) is 8.96. The van der Waals surface area contributed by atoms with Crippen LogP contribution < -0.4 is 0 Å². The highest BCUT2D eigenvalue weighted by atomic mass is 19.1. The SMILES string of the molecule is O=C(O)C[C@H]1CN(C(=O)C2(c3ccc(F)cc3)CCOCC2)CCO1. The molecular formula is C18H22FNO5. The minimum absolute atomic E-state index is 0.0545. The third-order valence-corrected chi connectivity index (χ3v) is 4.98. The lowest BCUT2D eigenvalue weighted by Crippen LogP contribution is -2.55. The number of rotatable bonds is 4. The number of amides is 1. The van der Waals surface area contributed by atoms with Crippen LogP contribution in [0.1, 0.15) is 24.8 Å². The van der Waals surface area contributed by atoms with Gasteiger partial charge in [0.05, 0.1) is 24.5 Å². The van der Waals surface area contributed by atoms with Crippen molar-refractivity contribution in [3.05, 3.63) is 35.6 Å². The maximum atomic E-state index is 13.4. The molecule has 0 radical (unpaired) electrons. The average molecular weight is 351 g/mol. The average Bonchev–Trinajstić information content (AvgIpc) is 2.62. The Morgan fingerprint density at radius 1 is 1.20 bits per heavy atom. The molecule has 6 nitrogen and oxygen atoms in total. The third-order valence-electron chi connectivity index (χ3n) is 4.98. The van der Waals surface area contributed by atoms with Crippen molar-refractivity contribution >= 4 is 11.9 Å². The van der Waals surface area contributed by atoms with Crippen LogP contribution in [0.2, 0.25) is 0 Å². The maximum Gasteiger partial charge on any atom is 0.306 e. The number of carbonyl (C=O) groups excluding carboxylic acids is 1. The summed E-state index contributed by atoms with van der Waals surface area (Å²) >= 11 is 0. The van der Waals surface area contributed by atoms with Crippen molar-refractivity contribution in [3.63, 3.8) is 0 Å². The number of aliphatic carboxylic acids is 1. The van der Waals surface area contributed by atoms with E-state index in [1.54, 1.807) is 17.0 Å². The number of carbonyl (C=O) groups is 2. The first kappa shape index (κ1) is 17.8. The van der Waals surface area contributed by atoms with E-state index in [0.717, 1.165) is 5.56 Å². The van der Waals surface area contributed by atoms with E-state index >= 15 is 0 Å². The van der Waals surface area contributed by atoms with Gasteiger partial charge in [0.25, 0.3) is 0 Å². The molecule has 1 N–H and O–H groups in total. The number of hydrogen-bond donors (Lipinski definition) is 1. The molecule has 1 aromatic rings. The van der Waals surface area contributed by atoms with E-state index in [4.69, 9.17) is 14.6 Å². The van der Waals surface area contributed by atoms with E-state index in [-0.39, 0.29) is 24.7 Å². The van der Waals surface area contributed by atoms with Crippen LogP contribution in [-0.2, 0) is 24.5 Å². The zero-order chi connectivity index (χ0) is 17.9. The number of morpholine rings is 1. The lowest BCUT2D eigenvalue weighted by molar-refractivity contribution is -0.153. The van der Waals surface area contributed by atoms with E-state index in [2.05, 4.69) is 0 Å². The van der Waals surface area contributed by atoms with Crippen molar-refractivity contribution in [1.29, 1.82) is 0 Å². The number of benzene rings is 1. The van der Waals surface area contributed by atoms with Crippen LogP contribution in [0.25, 0.3) is 0 Å². The Hall–Kier alpha value is -1.99. The van der Waals surface area contributed by atoms with Crippen LogP contribution in [0.4, 0.5) is 4.39 Å². The van der Waals surface area contributed by atoms with Gasteiger partial charge in [0.15, 0.2) is 0 Å². The lowest BCUT2D eigenvalue weighted by atomic mass is 9.73. The molecule has 0 spiro atoms. The molecule has 2 fully saturated rings. The summed E-state index contributed by atoms with van der Waals surface area (Å²) in [5.41, 5.74) is 0.0281. The zero-order valence-corrected chi connectivity index (χ0v) is 13.9. The fraction of sp³-hybridized carbons (Fsp3) is 0.556. The second-order valence-electron chi connectivity index (χ2n) is 6.54. The first-order valence-electron chi connectivity index (χ1n) is 8.48. The summed E-state index contributed by atoms with van der Waals surface area (Å²) in [6.45, 7) is 1.94. The summed E-state index contributed by atoms with van der Waals surface area (Å²) in [5.74, 6) is -1.34. The summed E-state index contributed by atoms with van der Waals surface area (Å²) in [4.78, 5) is 26.0. The van der Waals surface area contributed by atoms with Gasteiger partial charge in [-0.1, -0.05) is 12.1 Å². The van der Waals surface area contributed by atoms with Crippen LogP contribution in [0.3, 0.4) is 0 Å². The molecule has 2 aliphatic rings. The largest absolute Gasteiger partial charge is 0.481 e. The molecule has 2 saturated heterocycles. The normalized spacial score (nSPS) is 23.2. The molecule has 1 atom stereocenters. The Labute approximate surface area is 145 Å². The summed E-state index contributed by atoms with van der Waals surface area (Å²) in [6.07, 6.45) is 0.424. The number of carboxylic acid groups (broad SMARTS) is 1. The number of hydrogen-bond acceptors (Lipinski definition) is 4. The minimum Gasteiger partial charge on any atom is -0.481 e. The van der Waals surface area contributed by atoms with Crippen LogP contribution >= 0.6 is 0 Å². The molecule has 2 heterocycles. The van der Waals surface area contributed by atoms with Crippen molar-refractivity contribution in [1.82, 2.24) is 4.90 Å². The van der Waals surface area contributed by atoms with Gasteiger partial charge in [-0.05, 0) is 30.5 Å². The van der Waals surface area contributed by atoms with Crippen molar-refractivity contribution < 1.29 is 28.6 Å². The first-order valence-corrected chi connectivity index (χ1v) is 8.48. The van der Waals surface area contributed by atoms with Crippen LogP contribution in [-0.4, -0.2) is 60.9 Å². The standard InChI is InChI=1S/C18H22FNO5/c19-14-3-1-13(2-4-14)18(5-8-24-9-6-18)17(23)20-7-10-25-15(12-20)11-16(21)22/h1-4,15H,5-12H2,(H,21,22)/t15-/m0/s1. The smallest absolute Gasteiger partial charge is 0.306 e. The van der Waals surface area contributed by atoms with Gasteiger partial charge in [-0.2, -0.15) is 0 Å². The molecule has 0 aromatic heterocycles. The summed E-state index contributed by atoms with van der Waals surface area (Å²) in [7, 11) is 0. The lowest BCUT2D eigenvalue weighted by Gasteiger charge is -2.42. The highest BCUT2D eigenvalue weighted by Crippen LogP contribution is 2.37. The van der Waals surface area contributed by atoms with E-state index in [9.17, 15) is 14.0 Å². The molecule has 0 aliphatic carbocycles. The van der Waals surface area contributed by atoms with Crippen molar-refractivity contribution in [2.45, 2.75) is 30.8 Å². The second kappa shape index (κ2) is 7.49. The van der Waals surface area contributed by atoms with Gasteiger partial charge in [0, 0.05) is 26.3 Å². The fourth-order valence-corrected chi connectivity index (χ4v) is 3.64. The highest BCUT2D eigenvalue weighted by Gasteiger charge is 2.45. The number of halogens is 1. The quantitative estimate of drug-likeness (QED) is 0.891. The summed E-state index contributed by atoms with van der Waals surface area (Å²) < 4.78 is 24.2. The second-order valence-corrected chi connectivity index (χ2v) is 6.54. The molecule has 1 aromatic carbocycles. The van der Waals surface area contributed by atoms with E-state index in [1.165, 1.54) is 12.1 Å². The van der Waals surface area contributed by atoms with Gasteiger partial charge < -0.3 is 19.5 Å². The predicted molar refractivity (Wildman–Crippen MR) is 86.7 cm³/mol. The van der Waals surface area contributed by atoms with Gasteiger partial charge in [-0.25, -0.2) is 4.39 Å². The monoisotopic (exact) mass is 351 g/mol. The molecule has 2 aliphatic heterocycles. The predicted octanol–water partition coefficient (Wildman–Crippen LogP) is 1.58. The minimum atomic E-state index is -0.946. The molecular weight excluding hydrogens is 329 g/mol. The molecule has 3 rings (SSSR count). The van der Waals surface area contributed by atoms with E-state index in [0.29, 0.717) is 39.2 Å². The number of carboxylic acids is 1. The van der Waals surface area contributed by atoms with E-state index < -0.39 is 17.5 Å². The molecule has 136 valence electrons.